The Morgan fingerprint density at radius 1 is 1.08 bits per heavy atom. The summed E-state index contributed by atoms with van der Waals surface area (Å²) in [5, 5.41) is 0. The molecule has 3 heteroatoms. The van der Waals surface area contributed by atoms with Crippen LogP contribution in [0.25, 0.3) is 0 Å². The molecule has 1 amide bonds. The lowest BCUT2D eigenvalue weighted by Gasteiger charge is -2.48. The van der Waals surface area contributed by atoms with Crippen molar-refractivity contribution in [3.05, 3.63) is 48.0 Å². The van der Waals surface area contributed by atoms with Crippen molar-refractivity contribution < 1.29 is 4.79 Å². The molecule has 2 rings (SSSR count). The lowest BCUT2D eigenvalue weighted by atomic mass is 9.63. The summed E-state index contributed by atoms with van der Waals surface area (Å²) in [6, 6.07) is 10.4. The Labute approximate surface area is 159 Å². The third-order valence-electron chi connectivity index (χ3n) is 5.78. The summed E-state index contributed by atoms with van der Waals surface area (Å²) < 4.78 is 0. The number of amides is 1. The summed E-state index contributed by atoms with van der Waals surface area (Å²) in [7, 11) is 0. The summed E-state index contributed by atoms with van der Waals surface area (Å²) in [6.07, 6.45) is 6.72. The zero-order valence-electron chi connectivity index (χ0n) is 17.4. The summed E-state index contributed by atoms with van der Waals surface area (Å²) in [5.41, 5.74) is 6.80. The molecule has 1 aromatic carbocycles. The monoisotopic (exact) mass is 356 g/mol. The van der Waals surface area contributed by atoms with Crippen LogP contribution >= 0.6 is 0 Å². The van der Waals surface area contributed by atoms with Crippen molar-refractivity contribution >= 4 is 5.91 Å². The fourth-order valence-corrected chi connectivity index (χ4v) is 4.69. The normalized spacial score (nSPS) is 24.0. The highest BCUT2D eigenvalue weighted by molar-refractivity contribution is 5.82. The standard InChI is InChI=1S/C23H36N2O/c1-21(2,3)25(22(4,5)6)17-16-23(20(24)26)15-11-10-14-19(23)18-12-8-7-9-13-18/h7-13,19H,14-17H2,1-6H3,(H2,24,26). The van der Waals surface area contributed by atoms with Crippen LogP contribution in [-0.2, 0) is 4.79 Å². The van der Waals surface area contributed by atoms with Gasteiger partial charge in [0.05, 0.1) is 5.41 Å². The summed E-state index contributed by atoms with van der Waals surface area (Å²) in [4.78, 5) is 15.2. The Kier molecular flexibility index (Phi) is 6.02. The van der Waals surface area contributed by atoms with E-state index in [1.807, 2.05) is 6.07 Å². The fraction of sp³-hybridized carbons (Fsp3) is 0.609. The Hall–Kier alpha value is -1.61. The van der Waals surface area contributed by atoms with Gasteiger partial charge in [0.2, 0.25) is 5.91 Å². The highest BCUT2D eigenvalue weighted by Crippen LogP contribution is 2.47. The Morgan fingerprint density at radius 3 is 2.15 bits per heavy atom. The van der Waals surface area contributed by atoms with Gasteiger partial charge in [-0.15, -0.1) is 0 Å². The van der Waals surface area contributed by atoms with E-state index in [1.165, 1.54) is 5.56 Å². The van der Waals surface area contributed by atoms with Gasteiger partial charge in [0.15, 0.2) is 0 Å². The topological polar surface area (TPSA) is 46.3 Å². The number of primary amides is 1. The largest absolute Gasteiger partial charge is 0.369 e. The van der Waals surface area contributed by atoms with Crippen LogP contribution in [0.1, 0.15) is 72.3 Å². The molecule has 1 aliphatic rings. The van der Waals surface area contributed by atoms with E-state index in [0.29, 0.717) is 0 Å². The minimum absolute atomic E-state index is 0.0316. The van der Waals surface area contributed by atoms with Gasteiger partial charge in [-0.3, -0.25) is 9.69 Å². The van der Waals surface area contributed by atoms with Crippen LogP contribution < -0.4 is 5.73 Å². The lowest BCUT2D eigenvalue weighted by Crippen LogP contribution is -2.55. The quantitative estimate of drug-likeness (QED) is 0.764. The molecule has 26 heavy (non-hydrogen) atoms. The molecular weight excluding hydrogens is 320 g/mol. The molecule has 0 heterocycles. The Balaban J connectivity index is 2.36. The molecule has 0 saturated carbocycles. The van der Waals surface area contributed by atoms with E-state index >= 15 is 0 Å². The van der Waals surface area contributed by atoms with E-state index < -0.39 is 5.41 Å². The van der Waals surface area contributed by atoms with Crippen LogP contribution in [0.3, 0.4) is 0 Å². The zero-order chi connectivity index (χ0) is 19.6. The molecule has 2 N–H and O–H groups in total. The number of rotatable bonds is 5. The maximum Gasteiger partial charge on any atom is 0.224 e. The second kappa shape index (κ2) is 7.56. The number of benzene rings is 1. The van der Waals surface area contributed by atoms with E-state index in [-0.39, 0.29) is 22.9 Å². The van der Waals surface area contributed by atoms with Gasteiger partial charge < -0.3 is 5.73 Å². The molecule has 0 aliphatic heterocycles. The van der Waals surface area contributed by atoms with E-state index in [4.69, 9.17) is 5.73 Å². The number of carbonyl (C=O) groups excluding carboxylic acids is 1. The number of hydrogen-bond donors (Lipinski definition) is 1. The third-order valence-corrected chi connectivity index (χ3v) is 5.78. The summed E-state index contributed by atoms with van der Waals surface area (Å²) in [5.74, 6) is -0.0218. The van der Waals surface area contributed by atoms with Crippen LogP contribution in [0.5, 0.6) is 0 Å². The van der Waals surface area contributed by atoms with Crippen LogP contribution in [0.15, 0.2) is 42.5 Å². The third kappa shape index (κ3) is 4.37. The highest BCUT2D eigenvalue weighted by atomic mass is 16.1. The van der Waals surface area contributed by atoms with Crippen molar-refractivity contribution in [3.63, 3.8) is 0 Å². The minimum atomic E-state index is -0.523. The maximum atomic E-state index is 12.7. The first kappa shape index (κ1) is 20.7. The van der Waals surface area contributed by atoms with Gasteiger partial charge in [0.25, 0.3) is 0 Å². The Bertz CT molecular complexity index is 622. The van der Waals surface area contributed by atoms with Gasteiger partial charge in [-0.1, -0.05) is 42.5 Å². The van der Waals surface area contributed by atoms with Gasteiger partial charge in [-0.25, -0.2) is 0 Å². The zero-order valence-corrected chi connectivity index (χ0v) is 17.4. The predicted molar refractivity (Wildman–Crippen MR) is 110 cm³/mol. The van der Waals surface area contributed by atoms with Gasteiger partial charge in [0.1, 0.15) is 0 Å². The van der Waals surface area contributed by atoms with Crippen LogP contribution in [0, 0.1) is 5.41 Å². The van der Waals surface area contributed by atoms with Gasteiger partial charge in [-0.2, -0.15) is 0 Å². The first-order chi connectivity index (χ1) is 12.0. The minimum Gasteiger partial charge on any atom is -0.369 e. The number of carbonyl (C=O) groups is 1. The van der Waals surface area contributed by atoms with Crippen molar-refractivity contribution in [2.24, 2.45) is 11.1 Å². The molecule has 1 aliphatic carbocycles. The smallest absolute Gasteiger partial charge is 0.224 e. The van der Waals surface area contributed by atoms with Gasteiger partial charge >= 0.3 is 0 Å². The predicted octanol–water partition coefficient (Wildman–Crippen LogP) is 4.88. The number of allylic oxidation sites excluding steroid dienone is 2. The van der Waals surface area contributed by atoms with Gasteiger partial charge in [-0.05, 0) is 66.4 Å². The number of nitrogens with zero attached hydrogens (tertiary/aromatic N) is 1. The summed E-state index contributed by atoms with van der Waals surface area (Å²) >= 11 is 0. The average Bonchev–Trinajstić information content (AvgIpc) is 2.53. The van der Waals surface area contributed by atoms with Crippen molar-refractivity contribution in [1.29, 1.82) is 0 Å². The first-order valence-electron chi connectivity index (χ1n) is 9.76. The van der Waals surface area contributed by atoms with E-state index in [9.17, 15) is 4.79 Å². The maximum absolute atomic E-state index is 12.7. The highest BCUT2D eigenvalue weighted by Gasteiger charge is 2.46. The van der Waals surface area contributed by atoms with Crippen LogP contribution in [-0.4, -0.2) is 28.4 Å². The summed E-state index contributed by atoms with van der Waals surface area (Å²) in [6.45, 7) is 14.3. The van der Waals surface area contributed by atoms with Gasteiger partial charge in [0, 0.05) is 23.5 Å². The average molecular weight is 357 g/mol. The molecule has 1 aromatic rings. The van der Waals surface area contributed by atoms with Crippen LogP contribution in [0.4, 0.5) is 0 Å². The van der Waals surface area contributed by atoms with E-state index in [1.54, 1.807) is 0 Å². The first-order valence-corrected chi connectivity index (χ1v) is 9.76. The Morgan fingerprint density at radius 2 is 1.65 bits per heavy atom. The van der Waals surface area contributed by atoms with Crippen molar-refractivity contribution in [2.75, 3.05) is 6.54 Å². The molecule has 0 saturated heterocycles. The molecule has 0 fully saturated rings. The number of nitrogens with two attached hydrogens (primary N) is 1. The molecule has 0 spiro atoms. The molecular formula is C23H36N2O. The molecule has 0 radical (unpaired) electrons. The molecule has 2 unspecified atom stereocenters. The molecule has 2 atom stereocenters. The van der Waals surface area contributed by atoms with Crippen molar-refractivity contribution in [2.45, 2.75) is 77.8 Å². The molecule has 3 nitrogen and oxygen atoms in total. The van der Waals surface area contributed by atoms with E-state index in [2.05, 4.69) is 82.9 Å². The van der Waals surface area contributed by atoms with Crippen molar-refractivity contribution in [3.8, 4) is 0 Å². The van der Waals surface area contributed by atoms with Crippen molar-refractivity contribution in [1.82, 2.24) is 4.90 Å². The molecule has 0 bridgehead atoms. The van der Waals surface area contributed by atoms with E-state index in [0.717, 1.165) is 25.8 Å². The molecule has 144 valence electrons. The SMILES string of the molecule is CC(C)(C)N(CCC1(C(N)=O)CC=CCC1c1ccccc1)C(C)(C)C. The second-order valence-electron chi connectivity index (χ2n) is 9.64. The number of hydrogen-bond acceptors (Lipinski definition) is 2. The lowest BCUT2D eigenvalue weighted by molar-refractivity contribution is -0.130. The van der Waals surface area contributed by atoms with Crippen LogP contribution in [0.2, 0.25) is 0 Å². The second-order valence-corrected chi connectivity index (χ2v) is 9.64. The fourth-order valence-electron chi connectivity index (χ4n) is 4.69. The molecule has 0 aromatic heterocycles.